The summed E-state index contributed by atoms with van der Waals surface area (Å²) in [6, 6.07) is 4.07. The van der Waals surface area contributed by atoms with E-state index < -0.39 is 0 Å². The Labute approximate surface area is 120 Å². The van der Waals surface area contributed by atoms with Crippen LogP contribution in [-0.2, 0) is 11.3 Å². The molecule has 0 N–H and O–H groups in total. The lowest BCUT2D eigenvalue weighted by Gasteiger charge is -2.12. The topological polar surface area (TPSA) is 65.7 Å². The number of methoxy groups -OCH3 is 1. The van der Waals surface area contributed by atoms with Crippen molar-refractivity contribution in [1.29, 1.82) is 0 Å². The third-order valence-electron chi connectivity index (χ3n) is 2.89. The minimum atomic E-state index is -0.0171. The summed E-state index contributed by atoms with van der Waals surface area (Å²) in [6.07, 6.45) is 6.78. The van der Waals surface area contributed by atoms with Gasteiger partial charge in [-0.05, 0) is 11.4 Å². The Balaban J connectivity index is 1.77. The van der Waals surface area contributed by atoms with Gasteiger partial charge in [-0.25, -0.2) is 14.6 Å². The molecule has 0 aliphatic heterocycles. The Bertz CT molecular complexity index is 652. The van der Waals surface area contributed by atoms with Crippen molar-refractivity contribution in [1.82, 2.24) is 25.0 Å². The average Bonchev–Trinajstić information content (AvgIpc) is 3.17. The molecule has 0 radical (unpaired) electrons. The summed E-state index contributed by atoms with van der Waals surface area (Å²) in [5.74, 6) is 0. The van der Waals surface area contributed by atoms with E-state index in [0.29, 0.717) is 6.54 Å². The number of aromatic nitrogens is 5. The summed E-state index contributed by atoms with van der Waals surface area (Å²) in [7, 11) is 1.70. The molecule has 3 aromatic rings. The van der Waals surface area contributed by atoms with E-state index in [1.165, 1.54) is 11.2 Å². The second-order valence-electron chi connectivity index (χ2n) is 4.19. The summed E-state index contributed by atoms with van der Waals surface area (Å²) < 4.78 is 7.28. The van der Waals surface area contributed by atoms with Crippen LogP contribution in [0.15, 0.2) is 42.4 Å². The number of hydrogen-bond donors (Lipinski definition) is 0. The molecule has 0 bridgehead atoms. The van der Waals surface area contributed by atoms with Gasteiger partial charge in [-0.2, -0.15) is 0 Å². The van der Waals surface area contributed by atoms with Gasteiger partial charge >= 0.3 is 0 Å². The molecule has 0 fully saturated rings. The molecular formula is C13H13N5OS. The summed E-state index contributed by atoms with van der Waals surface area (Å²) >= 11 is 1.67. The highest BCUT2D eigenvalue weighted by atomic mass is 32.1. The Kier molecular flexibility index (Phi) is 3.80. The predicted molar refractivity (Wildman–Crippen MR) is 75.1 cm³/mol. The number of nitrogens with zero attached hydrogens (tertiary/aromatic N) is 5. The normalized spacial score (nSPS) is 12.4. The second-order valence-corrected chi connectivity index (χ2v) is 5.17. The summed E-state index contributed by atoms with van der Waals surface area (Å²) in [5.41, 5.74) is 1.61. The minimum absolute atomic E-state index is 0.0171. The summed E-state index contributed by atoms with van der Waals surface area (Å²) in [5, 5.41) is 10.3. The average molecular weight is 287 g/mol. The smallest absolute Gasteiger partial charge is 0.116 e. The molecule has 0 aliphatic rings. The van der Waals surface area contributed by atoms with Gasteiger partial charge in [-0.1, -0.05) is 11.3 Å². The zero-order valence-corrected chi connectivity index (χ0v) is 11.7. The fraction of sp³-hybridized carbons (Fsp3) is 0.231. The number of thiophene rings is 1. The van der Waals surface area contributed by atoms with Gasteiger partial charge in [-0.3, -0.25) is 0 Å². The standard InChI is InChI=1S/C13H13N5OS/c1-19-12(13-3-2-4-20-13)8-18-7-11(16-17-18)10-5-14-9-15-6-10/h2-7,9,12H,8H2,1H3/t12-/m0/s1. The van der Waals surface area contributed by atoms with Crippen molar-refractivity contribution in [3.63, 3.8) is 0 Å². The van der Waals surface area contributed by atoms with Crippen LogP contribution in [0.4, 0.5) is 0 Å². The molecule has 0 aromatic carbocycles. The van der Waals surface area contributed by atoms with E-state index in [0.717, 1.165) is 11.3 Å². The lowest BCUT2D eigenvalue weighted by atomic mass is 10.2. The molecule has 0 aliphatic carbocycles. The molecule has 102 valence electrons. The quantitative estimate of drug-likeness (QED) is 0.719. The highest BCUT2D eigenvalue weighted by molar-refractivity contribution is 7.10. The maximum Gasteiger partial charge on any atom is 0.116 e. The van der Waals surface area contributed by atoms with E-state index >= 15 is 0 Å². The van der Waals surface area contributed by atoms with Gasteiger partial charge < -0.3 is 4.74 Å². The van der Waals surface area contributed by atoms with E-state index in [1.807, 2.05) is 17.6 Å². The molecule has 0 unspecified atom stereocenters. The van der Waals surface area contributed by atoms with Crippen LogP contribution in [0.25, 0.3) is 11.3 Å². The van der Waals surface area contributed by atoms with Crippen molar-refractivity contribution in [2.75, 3.05) is 7.11 Å². The first kappa shape index (κ1) is 12.9. The third-order valence-corrected chi connectivity index (χ3v) is 3.86. The molecule has 6 nitrogen and oxygen atoms in total. The lowest BCUT2D eigenvalue weighted by molar-refractivity contribution is 0.0869. The third kappa shape index (κ3) is 2.73. The van der Waals surface area contributed by atoms with Crippen molar-refractivity contribution in [2.45, 2.75) is 12.6 Å². The van der Waals surface area contributed by atoms with Crippen molar-refractivity contribution in [3.05, 3.63) is 47.3 Å². The Hall–Kier alpha value is -2.12. The summed E-state index contributed by atoms with van der Waals surface area (Å²) in [6.45, 7) is 0.623. The maximum absolute atomic E-state index is 5.51. The molecule has 3 heterocycles. The van der Waals surface area contributed by atoms with Crippen LogP contribution in [0.5, 0.6) is 0 Å². The van der Waals surface area contributed by atoms with E-state index in [9.17, 15) is 0 Å². The molecule has 0 saturated carbocycles. The summed E-state index contributed by atoms with van der Waals surface area (Å²) in [4.78, 5) is 9.13. The van der Waals surface area contributed by atoms with Gasteiger partial charge in [0.2, 0.25) is 0 Å². The molecule has 20 heavy (non-hydrogen) atoms. The highest BCUT2D eigenvalue weighted by Gasteiger charge is 2.14. The fourth-order valence-corrected chi connectivity index (χ4v) is 2.67. The first-order valence-electron chi connectivity index (χ1n) is 6.08. The highest BCUT2D eigenvalue weighted by Crippen LogP contribution is 2.23. The Morgan fingerprint density at radius 3 is 2.90 bits per heavy atom. The van der Waals surface area contributed by atoms with E-state index in [2.05, 4.69) is 26.3 Å². The number of rotatable bonds is 5. The molecular weight excluding hydrogens is 274 g/mol. The minimum Gasteiger partial charge on any atom is -0.374 e. The van der Waals surface area contributed by atoms with Gasteiger partial charge in [-0.15, -0.1) is 16.4 Å². The van der Waals surface area contributed by atoms with E-state index in [-0.39, 0.29) is 6.10 Å². The van der Waals surface area contributed by atoms with Crippen LogP contribution < -0.4 is 0 Å². The zero-order chi connectivity index (χ0) is 13.8. The van der Waals surface area contributed by atoms with Crippen molar-refractivity contribution in [3.8, 4) is 11.3 Å². The Morgan fingerprint density at radius 1 is 1.35 bits per heavy atom. The van der Waals surface area contributed by atoms with Gasteiger partial charge in [0.15, 0.2) is 0 Å². The molecule has 3 rings (SSSR count). The van der Waals surface area contributed by atoms with Crippen molar-refractivity contribution < 1.29 is 4.74 Å². The van der Waals surface area contributed by atoms with E-state index in [4.69, 9.17) is 4.74 Å². The maximum atomic E-state index is 5.51. The zero-order valence-electron chi connectivity index (χ0n) is 10.9. The first-order chi connectivity index (χ1) is 9.86. The first-order valence-corrected chi connectivity index (χ1v) is 6.96. The number of ether oxygens (including phenoxy) is 1. The van der Waals surface area contributed by atoms with Crippen molar-refractivity contribution >= 4 is 11.3 Å². The number of hydrogen-bond acceptors (Lipinski definition) is 6. The SMILES string of the molecule is CO[C@@H](Cn1cc(-c2cncnc2)nn1)c1cccs1. The van der Waals surface area contributed by atoms with E-state index in [1.54, 1.807) is 35.5 Å². The van der Waals surface area contributed by atoms with Crippen LogP contribution in [0.1, 0.15) is 11.0 Å². The molecule has 0 spiro atoms. The fourth-order valence-electron chi connectivity index (χ4n) is 1.88. The van der Waals surface area contributed by atoms with Crippen LogP contribution in [-0.4, -0.2) is 32.1 Å². The molecule has 1 atom stereocenters. The Morgan fingerprint density at radius 2 is 2.20 bits per heavy atom. The second kappa shape index (κ2) is 5.89. The van der Waals surface area contributed by atoms with Crippen molar-refractivity contribution in [2.24, 2.45) is 0 Å². The van der Waals surface area contributed by atoms with Gasteiger partial charge in [0.25, 0.3) is 0 Å². The van der Waals surface area contributed by atoms with Crippen LogP contribution in [0, 0.1) is 0 Å². The largest absolute Gasteiger partial charge is 0.374 e. The van der Waals surface area contributed by atoms with Crippen LogP contribution in [0.2, 0.25) is 0 Å². The molecule has 7 heteroatoms. The predicted octanol–water partition coefficient (Wildman–Crippen LogP) is 2.18. The molecule has 0 saturated heterocycles. The van der Waals surface area contributed by atoms with Crippen LogP contribution in [0.3, 0.4) is 0 Å². The monoisotopic (exact) mass is 287 g/mol. The molecule has 0 amide bonds. The van der Waals surface area contributed by atoms with Gasteiger partial charge in [0.1, 0.15) is 18.1 Å². The lowest BCUT2D eigenvalue weighted by Crippen LogP contribution is -2.10. The van der Waals surface area contributed by atoms with Crippen LogP contribution >= 0.6 is 11.3 Å². The van der Waals surface area contributed by atoms with Gasteiger partial charge in [0.05, 0.1) is 12.7 Å². The molecule has 3 aromatic heterocycles. The van der Waals surface area contributed by atoms with Gasteiger partial charge in [0, 0.05) is 29.9 Å².